The highest BCUT2D eigenvalue weighted by Crippen LogP contribution is 2.30. The Kier molecular flexibility index (Phi) is 2.79. The number of carboxylic acids is 1. The lowest BCUT2D eigenvalue weighted by atomic mass is 10.0. The number of benzene rings is 2. The second kappa shape index (κ2) is 4.49. The maximum atomic E-state index is 13.4. The molecule has 1 aromatic heterocycles. The Bertz CT molecular complexity index is 820. The molecule has 1 N–H and O–H groups in total. The number of hydrogen-bond donors (Lipinski definition) is 1. The van der Waals surface area contributed by atoms with Gasteiger partial charge in [0.15, 0.2) is 0 Å². The van der Waals surface area contributed by atoms with E-state index in [-0.39, 0.29) is 11.5 Å². The summed E-state index contributed by atoms with van der Waals surface area (Å²) in [4.78, 5) is 11.2. The summed E-state index contributed by atoms with van der Waals surface area (Å²) in [6.45, 7) is 0. The SMILES string of the molecule is Cn1c(C(=O)O)cc2cccc(-c3cccc(F)c3)c21. The lowest BCUT2D eigenvalue weighted by molar-refractivity contribution is 0.0687. The maximum Gasteiger partial charge on any atom is 0.352 e. The van der Waals surface area contributed by atoms with Crippen molar-refractivity contribution in [1.29, 1.82) is 0 Å². The number of aryl methyl sites for hydroxylation is 1. The molecule has 0 spiro atoms. The van der Waals surface area contributed by atoms with Crippen LogP contribution in [0.25, 0.3) is 22.0 Å². The molecule has 0 fully saturated rings. The van der Waals surface area contributed by atoms with Gasteiger partial charge in [0.2, 0.25) is 0 Å². The zero-order valence-corrected chi connectivity index (χ0v) is 10.8. The van der Waals surface area contributed by atoms with Gasteiger partial charge in [0, 0.05) is 18.0 Å². The second-order valence-electron chi connectivity index (χ2n) is 4.65. The van der Waals surface area contributed by atoms with Gasteiger partial charge in [-0.05, 0) is 23.8 Å². The molecule has 3 nitrogen and oxygen atoms in total. The number of para-hydroxylation sites is 1. The van der Waals surface area contributed by atoms with Crippen molar-refractivity contribution in [2.45, 2.75) is 0 Å². The van der Waals surface area contributed by atoms with E-state index in [0.29, 0.717) is 0 Å². The van der Waals surface area contributed by atoms with E-state index in [0.717, 1.165) is 22.0 Å². The first-order valence-electron chi connectivity index (χ1n) is 6.15. The van der Waals surface area contributed by atoms with E-state index in [1.807, 2.05) is 24.3 Å². The summed E-state index contributed by atoms with van der Waals surface area (Å²) in [7, 11) is 1.70. The second-order valence-corrected chi connectivity index (χ2v) is 4.65. The molecule has 3 rings (SSSR count). The standard InChI is InChI=1S/C16H12FNO2/c1-18-14(16(19)20)9-11-5-3-7-13(15(11)18)10-4-2-6-12(17)8-10/h2-9H,1H3,(H,19,20). The van der Waals surface area contributed by atoms with Crippen molar-refractivity contribution >= 4 is 16.9 Å². The number of aromatic nitrogens is 1. The van der Waals surface area contributed by atoms with E-state index in [9.17, 15) is 14.3 Å². The van der Waals surface area contributed by atoms with Crippen molar-refractivity contribution < 1.29 is 14.3 Å². The molecule has 0 atom stereocenters. The summed E-state index contributed by atoms with van der Waals surface area (Å²) in [6.07, 6.45) is 0. The molecular weight excluding hydrogens is 257 g/mol. The smallest absolute Gasteiger partial charge is 0.352 e. The molecule has 0 bridgehead atoms. The molecule has 0 amide bonds. The molecule has 20 heavy (non-hydrogen) atoms. The van der Waals surface area contributed by atoms with Crippen LogP contribution in [0, 0.1) is 5.82 Å². The third-order valence-electron chi connectivity index (χ3n) is 3.41. The molecule has 2 aromatic carbocycles. The van der Waals surface area contributed by atoms with Gasteiger partial charge in [-0.2, -0.15) is 0 Å². The summed E-state index contributed by atoms with van der Waals surface area (Å²) < 4.78 is 15.0. The third-order valence-corrected chi connectivity index (χ3v) is 3.41. The highest BCUT2D eigenvalue weighted by molar-refractivity contribution is 6.00. The van der Waals surface area contributed by atoms with Gasteiger partial charge in [0.25, 0.3) is 0 Å². The van der Waals surface area contributed by atoms with E-state index >= 15 is 0 Å². The van der Waals surface area contributed by atoms with Crippen LogP contribution in [0.1, 0.15) is 10.5 Å². The van der Waals surface area contributed by atoms with Gasteiger partial charge in [0.05, 0.1) is 5.52 Å². The summed E-state index contributed by atoms with van der Waals surface area (Å²) in [5.74, 6) is -1.29. The molecule has 1 heterocycles. The van der Waals surface area contributed by atoms with E-state index in [1.165, 1.54) is 12.1 Å². The normalized spacial score (nSPS) is 10.9. The van der Waals surface area contributed by atoms with Gasteiger partial charge in [-0.15, -0.1) is 0 Å². The van der Waals surface area contributed by atoms with Crippen molar-refractivity contribution in [2.24, 2.45) is 7.05 Å². The third kappa shape index (κ3) is 1.86. The summed E-state index contributed by atoms with van der Waals surface area (Å²) in [6, 6.07) is 13.5. The minimum Gasteiger partial charge on any atom is -0.477 e. The largest absolute Gasteiger partial charge is 0.477 e. The minimum atomic E-state index is -0.978. The molecule has 0 saturated heterocycles. The molecule has 0 aliphatic rings. The van der Waals surface area contributed by atoms with Gasteiger partial charge >= 0.3 is 5.97 Å². The Morgan fingerprint density at radius 1 is 1.15 bits per heavy atom. The quantitative estimate of drug-likeness (QED) is 0.771. The minimum absolute atomic E-state index is 0.212. The topological polar surface area (TPSA) is 42.2 Å². The highest BCUT2D eigenvalue weighted by Gasteiger charge is 2.15. The number of nitrogens with zero attached hydrogens (tertiary/aromatic N) is 1. The number of aromatic carboxylic acids is 1. The summed E-state index contributed by atoms with van der Waals surface area (Å²) >= 11 is 0. The molecule has 4 heteroatoms. The number of carboxylic acid groups (broad SMARTS) is 1. The van der Waals surface area contributed by atoms with Gasteiger partial charge in [-0.3, -0.25) is 0 Å². The summed E-state index contributed by atoms with van der Waals surface area (Å²) in [5, 5.41) is 10.0. The van der Waals surface area contributed by atoms with Gasteiger partial charge in [-0.1, -0.05) is 30.3 Å². The molecule has 0 aliphatic carbocycles. The first-order chi connectivity index (χ1) is 9.58. The van der Waals surface area contributed by atoms with E-state index in [4.69, 9.17) is 0 Å². The molecule has 0 radical (unpaired) electrons. The Morgan fingerprint density at radius 2 is 1.90 bits per heavy atom. The zero-order chi connectivity index (χ0) is 14.3. The fourth-order valence-electron chi connectivity index (χ4n) is 2.51. The van der Waals surface area contributed by atoms with Crippen molar-refractivity contribution in [3.63, 3.8) is 0 Å². The average Bonchev–Trinajstić information content (AvgIpc) is 2.76. The number of hydrogen-bond acceptors (Lipinski definition) is 1. The van der Waals surface area contributed by atoms with Crippen LogP contribution in [0.2, 0.25) is 0 Å². The van der Waals surface area contributed by atoms with Gasteiger partial charge in [-0.25, -0.2) is 9.18 Å². The summed E-state index contributed by atoms with van der Waals surface area (Å²) in [5.41, 5.74) is 2.55. The van der Waals surface area contributed by atoms with Crippen molar-refractivity contribution in [3.8, 4) is 11.1 Å². The van der Waals surface area contributed by atoms with Crippen LogP contribution in [0.4, 0.5) is 4.39 Å². The van der Waals surface area contributed by atoms with Crippen LogP contribution in [0.3, 0.4) is 0 Å². The lowest BCUT2D eigenvalue weighted by Crippen LogP contribution is -2.04. The van der Waals surface area contributed by atoms with Crippen LogP contribution in [-0.4, -0.2) is 15.6 Å². The fraction of sp³-hybridized carbons (Fsp3) is 0.0625. The van der Waals surface area contributed by atoms with E-state index in [2.05, 4.69) is 0 Å². The molecule has 100 valence electrons. The maximum absolute atomic E-state index is 13.4. The predicted molar refractivity (Wildman–Crippen MR) is 75.3 cm³/mol. The molecule has 0 unspecified atom stereocenters. The van der Waals surface area contributed by atoms with Crippen LogP contribution >= 0.6 is 0 Å². The van der Waals surface area contributed by atoms with Crippen LogP contribution in [0.5, 0.6) is 0 Å². The van der Waals surface area contributed by atoms with Crippen molar-refractivity contribution in [3.05, 3.63) is 60.0 Å². The van der Waals surface area contributed by atoms with Crippen LogP contribution in [-0.2, 0) is 7.05 Å². The first-order valence-corrected chi connectivity index (χ1v) is 6.15. The number of fused-ring (bicyclic) bond motifs is 1. The Hall–Kier alpha value is -2.62. The van der Waals surface area contributed by atoms with Gasteiger partial charge in [0.1, 0.15) is 11.5 Å². The Balaban J connectivity index is 2.34. The van der Waals surface area contributed by atoms with E-state index in [1.54, 1.807) is 23.7 Å². The number of carbonyl (C=O) groups is 1. The molecular formula is C16H12FNO2. The molecule has 0 aliphatic heterocycles. The Labute approximate surface area is 114 Å². The number of halogens is 1. The highest BCUT2D eigenvalue weighted by atomic mass is 19.1. The first kappa shape index (κ1) is 12.4. The predicted octanol–water partition coefficient (Wildman–Crippen LogP) is 3.68. The Morgan fingerprint density at radius 3 is 2.60 bits per heavy atom. The monoisotopic (exact) mass is 269 g/mol. The fourth-order valence-corrected chi connectivity index (χ4v) is 2.51. The van der Waals surface area contributed by atoms with Crippen molar-refractivity contribution in [2.75, 3.05) is 0 Å². The molecule has 0 saturated carbocycles. The lowest BCUT2D eigenvalue weighted by Gasteiger charge is -2.07. The number of rotatable bonds is 2. The van der Waals surface area contributed by atoms with Crippen LogP contribution < -0.4 is 0 Å². The van der Waals surface area contributed by atoms with Crippen LogP contribution in [0.15, 0.2) is 48.5 Å². The van der Waals surface area contributed by atoms with E-state index < -0.39 is 5.97 Å². The molecule has 3 aromatic rings. The van der Waals surface area contributed by atoms with Crippen molar-refractivity contribution in [1.82, 2.24) is 4.57 Å². The zero-order valence-electron chi connectivity index (χ0n) is 10.8. The van der Waals surface area contributed by atoms with Gasteiger partial charge < -0.3 is 9.67 Å². The average molecular weight is 269 g/mol.